The summed E-state index contributed by atoms with van der Waals surface area (Å²) < 4.78 is 33.0. The van der Waals surface area contributed by atoms with E-state index in [2.05, 4.69) is 29.8 Å². The van der Waals surface area contributed by atoms with Gasteiger partial charge in [0.05, 0.1) is 17.7 Å². The molecule has 0 radical (unpaired) electrons. The Morgan fingerprint density at radius 3 is 2.30 bits per heavy atom. The normalized spacial score (nSPS) is 11.6. The Bertz CT molecular complexity index is 1070. The zero-order valence-corrected chi connectivity index (χ0v) is 18.7. The maximum atomic E-state index is 13.1. The molecule has 0 amide bonds. The number of para-hydroxylation sites is 1. The highest BCUT2D eigenvalue weighted by Crippen LogP contribution is 2.33. The molecule has 0 bridgehead atoms. The molecule has 1 N–H and O–H groups in total. The minimum absolute atomic E-state index is 0.185. The van der Waals surface area contributed by atoms with Crippen molar-refractivity contribution in [3.05, 3.63) is 66.4 Å². The van der Waals surface area contributed by atoms with Gasteiger partial charge in [0.25, 0.3) is 10.0 Å². The number of H-pyrrole nitrogens is 1. The number of aromatic nitrogens is 1. The van der Waals surface area contributed by atoms with Crippen molar-refractivity contribution >= 4 is 15.7 Å². The molecule has 3 aromatic rings. The van der Waals surface area contributed by atoms with Crippen molar-refractivity contribution in [1.29, 1.82) is 0 Å². The molecule has 3 rings (SSSR count). The van der Waals surface area contributed by atoms with E-state index in [0.717, 1.165) is 36.6 Å². The monoisotopic (exact) mass is 427 g/mol. The van der Waals surface area contributed by atoms with Crippen LogP contribution in [0.3, 0.4) is 0 Å². The van der Waals surface area contributed by atoms with Crippen LogP contribution < -0.4 is 9.04 Å². The third-order valence-electron chi connectivity index (χ3n) is 5.28. The smallest absolute Gasteiger partial charge is 0.264 e. The predicted octanol–water partition coefficient (Wildman–Crippen LogP) is 4.36. The van der Waals surface area contributed by atoms with Gasteiger partial charge in [-0.2, -0.15) is 0 Å². The number of sulfonamides is 1. The first-order chi connectivity index (χ1) is 14.4. The van der Waals surface area contributed by atoms with E-state index >= 15 is 0 Å². The number of nitrogens with zero attached hydrogens (tertiary/aromatic N) is 2. The molecule has 0 aliphatic heterocycles. The quantitative estimate of drug-likeness (QED) is 0.551. The molecule has 1 heterocycles. The van der Waals surface area contributed by atoms with Crippen LogP contribution in [0.4, 0.5) is 5.69 Å². The number of methoxy groups -OCH3 is 1. The van der Waals surface area contributed by atoms with Crippen LogP contribution in [0, 0.1) is 0 Å². The van der Waals surface area contributed by atoms with Crippen molar-refractivity contribution in [2.45, 2.75) is 25.3 Å². The first-order valence-corrected chi connectivity index (χ1v) is 11.5. The fraction of sp³-hybridized carbons (Fsp3) is 0.304. The zero-order chi connectivity index (χ0) is 21.7. The number of rotatable bonds is 9. The number of nitrogens with one attached hydrogen (secondary N) is 1. The molecule has 0 unspecified atom stereocenters. The van der Waals surface area contributed by atoms with E-state index < -0.39 is 10.0 Å². The van der Waals surface area contributed by atoms with Crippen molar-refractivity contribution in [2.75, 3.05) is 31.6 Å². The maximum Gasteiger partial charge on any atom is 0.264 e. The van der Waals surface area contributed by atoms with Gasteiger partial charge in [-0.05, 0) is 49.5 Å². The summed E-state index contributed by atoms with van der Waals surface area (Å²) in [5.74, 6) is 0.508. The molecule has 0 saturated carbocycles. The summed E-state index contributed by atoms with van der Waals surface area (Å²) >= 11 is 0. The standard InChI is InChI=1S/C23H29N3O3S/c1-5-26(6-2)17-18-12-15-22(24-18)21-14-13-20(16-23(21)29-4)30(27,28)25(3)19-10-8-7-9-11-19/h7-16,24H,5-6,17H2,1-4H3. The molecule has 0 aliphatic carbocycles. The fourth-order valence-electron chi connectivity index (χ4n) is 3.37. The lowest BCUT2D eigenvalue weighted by Crippen LogP contribution is -2.26. The summed E-state index contributed by atoms with van der Waals surface area (Å²) in [6.07, 6.45) is 0. The Morgan fingerprint density at radius 1 is 0.967 bits per heavy atom. The summed E-state index contributed by atoms with van der Waals surface area (Å²) in [6.45, 7) is 7.08. The van der Waals surface area contributed by atoms with Crippen molar-refractivity contribution < 1.29 is 13.2 Å². The molecular weight excluding hydrogens is 398 g/mol. The van der Waals surface area contributed by atoms with Crippen molar-refractivity contribution in [1.82, 2.24) is 9.88 Å². The van der Waals surface area contributed by atoms with Crippen molar-refractivity contribution in [2.24, 2.45) is 0 Å². The Hall–Kier alpha value is -2.77. The van der Waals surface area contributed by atoms with Gasteiger partial charge in [0.1, 0.15) is 5.75 Å². The number of ether oxygens (including phenoxy) is 1. The highest BCUT2D eigenvalue weighted by Gasteiger charge is 2.23. The topological polar surface area (TPSA) is 65.6 Å². The molecule has 30 heavy (non-hydrogen) atoms. The van der Waals surface area contributed by atoms with Gasteiger partial charge in [-0.15, -0.1) is 0 Å². The van der Waals surface area contributed by atoms with Gasteiger partial charge >= 0.3 is 0 Å². The SMILES string of the molecule is CCN(CC)Cc1ccc(-c2ccc(S(=O)(=O)N(C)c3ccccc3)cc2OC)[nH]1. The van der Waals surface area contributed by atoms with Crippen LogP contribution in [0.1, 0.15) is 19.5 Å². The van der Waals surface area contributed by atoms with Crippen LogP contribution in [0.25, 0.3) is 11.3 Å². The van der Waals surface area contributed by atoms with E-state index in [1.54, 1.807) is 44.5 Å². The third kappa shape index (κ3) is 4.52. The number of anilines is 1. The lowest BCUT2D eigenvalue weighted by molar-refractivity contribution is 0.293. The summed E-state index contributed by atoms with van der Waals surface area (Å²) in [6, 6.07) is 18.1. The van der Waals surface area contributed by atoms with E-state index in [9.17, 15) is 8.42 Å². The molecule has 0 spiro atoms. The number of aromatic amines is 1. The van der Waals surface area contributed by atoms with Gasteiger partial charge in [-0.3, -0.25) is 9.21 Å². The van der Waals surface area contributed by atoms with Crippen molar-refractivity contribution in [3.63, 3.8) is 0 Å². The number of benzene rings is 2. The summed E-state index contributed by atoms with van der Waals surface area (Å²) in [4.78, 5) is 5.93. The van der Waals surface area contributed by atoms with Gasteiger partial charge in [-0.1, -0.05) is 32.0 Å². The number of hydrogen-bond acceptors (Lipinski definition) is 4. The molecule has 0 fully saturated rings. The molecule has 1 aromatic heterocycles. The summed E-state index contributed by atoms with van der Waals surface area (Å²) in [5.41, 5.74) is 3.43. The molecule has 160 valence electrons. The minimum Gasteiger partial charge on any atom is -0.496 e. The lowest BCUT2D eigenvalue weighted by atomic mass is 10.1. The van der Waals surface area contributed by atoms with Gasteiger partial charge in [-0.25, -0.2) is 8.42 Å². The van der Waals surface area contributed by atoms with Gasteiger partial charge < -0.3 is 9.72 Å². The highest BCUT2D eigenvalue weighted by atomic mass is 32.2. The number of hydrogen-bond donors (Lipinski definition) is 1. The molecule has 0 aliphatic rings. The van der Waals surface area contributed by atoms with E-state index in [1.807, 2.05) is 24.3 Å². The van der Waals surface area contributed by atoms with Gasteiger partial charge in [0.2, 0.25) is 0 Å². The van der Waals surface area contributed by atoms with Crippen LogP contribution in [-0.4, -0.2) is 45.5 Å². The summed E-state index contributed by atoms with van der Waals surface area (Å²) in [7, 11) is -0.602. The van der Waals surface area contributed by atoms with Crippen LogP contribution in [-0.2, 0) is 16.6 Å². The molecule has 0 saturated heterocycles. The molecule has 2 aromatic carbocycles. The highest BCUT2D eigenvalue weighted by molar-refractivity contribution is 7.92. The minimum atomic E-state index is -3.70. The molecule has 0 atom stereocenters. The molecular formula is C23H29N3O3S. The van der Waals surface area contributed by atoms with Gasteiger partial charge in [0.15, 0.2) is 0 Å². The zero-order valence-electron chi connectivity index (χ0n) is 17.9. The van der Waals surface area contributed by atoms with E-state index in [1.165, 1.54) is 4.31 Å². The Kier molecular flexibility index (Phi) is 6.84. The lowest BCUT2D eigenvalue weighted by Gasteiger charge is -2.20. The maximum absolute atomic E-state index is 13.1. The van der Waals surface area contributed by atoms with Crippen LogP contribution in [0.2, 0.25) is 0 Å². The Labute approximate surface area is 179 Å². The molecule has 7 heteroatoms. The second-order valence-corrected chi connectivity index (χ2v) is 9.00. The Balaban J connectivity index is 1.91. The van der Waals surface area contributed by atoms with Crippen LogP contribution in [0.15, 0.2) is 65.6 Å². The van der Waals surface area contributed by atoms with Gasteiger partial charge in [0, 0.05) is 36.6 Å². The molecule has 6 nitrogen and oxygen atoms in total. The predicted molar refractivity (Wildman–Crippen MR) is 121 cm³/mol. The summed E-state index contributed by atoms with van der Waals surface area (Å²) in [5, 5.41) is 0. The van der Waals surface area contributed by atoms with Crippen molar-refractivity contribution in [3.8, 4) is 17.0 Å². The second kappa shape index (κ2) is 9.36. The largest absolute Gasteiger partial charge is 0.496 e. The van der Waals surface area contributed by atoms with E-state index in [-0.39, 0.29) is 4.90 Å². The Morgan fingerprint density at radius 2 is 1.67 bits per heavy atom. The third-order valence-corrected chi connectivity index (χ3v) is 7.06. The average molecular weight is 428 g/mol. The van der Waals surface area contributed by atoms with E-state index in [4.69, 9.17) is 4.74 Å². The van der Waals surface area contributed by atoms with Crippen LogP contribution in [0.5, 0.6) is 5.75 Å². The fourth-order valence-corrected chi connectivity index (χ4v) is 4.58. The van der Waals surface area contributed by atoms with E-state index in [0.29, 0.717) is 11.4 Å². The second-order valence-electron chi connectivity index (χ2n) is 7.03. The first kappa shape index (κ1) is 21.9. The average Bonchev–Trinajstić information content (AvgIpc) is 3.25. The van der Waals surface area contributed by atoms with Crippen LogP contribution >= 0.6 is 0 Å². The first-order valence-electron chi connectivity index (χ1n) is 10.0.